The second-order valence-corrected chi connectivity index (χ2v) is 7.87. The van der Waals surface area contributed by atoms with Gasteiger partial charge in [-0.15, -0.1) is 0 Å². The molecular weight excluding hydrogens is 375 g/mol. The van der Waals surface area contributed by atoms with Crippen molar-refractivity contribution in [3.05, 3.63) is 33.3 Å². The Kier molecular flexibility index (Phi) is 3.81. The van der Waals surface area contributed by atoms with Crippen molar-refractivity contribution in [1.82, 2.24) is 0 Å². The minimum atomic E-state index is 0.459. The van der Waals surface area contributed by atoms with E-state index in [2.05, 4.69) is 44.0 Å². The molecule has 0 aliphatic heterocycles. The van der Waals surface area contributed by atoms with E-state index in [1.807, 2.05) is 6.07 Å². The van der Waals surface area contributed by atoms with Crippen LogP contribution in [0.2, 0.25) is 5.02 Å². The van der Waals surface area contributed by atoms with Crippen molar-refractivity contribution in [1.29, 1.82) is 0 Å². The topological polar surface area (TPSA) is 0 Å². The third kappa shape index (κ3) is 2.29. The molecule has 3 rings (SSSR count). The molecule has 2 aliphatic rings. The highest BCUT2D eigenvalue weighted by atomic mass is 79.9. The van der Waals surface area contributed by atoms with E-state index in [-0.39, 0.29) is 0 Å². The van der Waals surface area contributed by atoms with Crippen LogP contribution in [0.25, 0.3) is 0 Å². The predicted octanol–water partition coefficient (Wildman–Crippen LogP) is 5.85. The summed E-state index contributed by atoms with van der Waals surface area (Å²) in [6.45, 7) is 0. The highest BCUT2D eigenvalue weighted by Gasteiger charge is 2.50. The quantitative estimate of drug-likeness (QED) is 0.566. The molecule has 2 saturated carbocycles. The smallest absolute Gasteiger partial charge is 0.0449 e. The van der Waals surface area contributed by atoms with Gasteiger partial charge in [-0.05, 0) is 60.6 Å². The van der Waals surface area contributed by atoms with Gasteiger partial charge in [-0.1, -0.05) is 55.9 Å². The maximum absolute atomic E-state index is 6.38. The van der Waals surface area contributed by atoms with Gasteiger partial charge in [0.05, 0.1) is 0 Å². The van der Waals surface area contributed by atoms with Crippen LogP contribution in [0.4, 0.5) is 0 Å². The zero-order chi connectivity index (χ0) is 12.8. The SMILES string of the molecule is Clc1cc(Br)ccc1CC1(CBr)CC2CCC1C2. The molecule has 3 atom stereocenters. The van der Waals surface area contributed by atoms with Crippen molar-refractivity contribution < 1.29 is 0 Å². The average Bonchev–Trinajstić information content (AvgIpc) is 2.93. The summed E-state index contributed by atoms with van der Waals surface area (Å²) in [4.78, 5) is 0. The van der Waals surface area contributed by atoms with Gasteiger partial charge in [-0.2, -0.15) is 0 Å². The van der Waals surface area contributed by atoms with Gasteiger partial charge in [0, 0.05) is 14.8 Å². The molecule has 1 aromatic carbocycles. The molecule has 0 aromatic heterocycles. The third-order valence-corrected chi connectivity index (χ3v) is 6.89. The van der Waals surface area contributed by atoms with Gasteiger partial charge in [0.2, 0.25) is 0 Å². The third-order valence-electron chi connectivity index (χ3n) is 4.93. The Morgan fingerprint density at radius 2 is 2.17 bits per heavy atom. The summed E-state index contributed by atoms with van der Waals surface area (Å²) >= 11 is 13.6. The van der Waals surface area contributed by atoms with Crippen LogP contribution in [0, 0.1) is 17.3 Å². The van der Waals surface area contributed by atoms with Crippen molar-refractivity contribution in [3.8, 4) is 0 Å². The molecule has 2 aliphatic carbocycles. The molecular formula is C15H17Br2Cl. The fraction of sp³-hybridized carbons (Fsp3) is 0.600. The largest absolute Gasteiger partial charge is 0.0922 e. The summed E-state index contributed by atoms with van der Waals surface area (Å²) in [6, 6.07) is 6.31. The first-order chi connectivity index (χ1) is 8.63. The van der Waals surface area contributed by atoms with Gasteiger partial charge >= 0.3 is 0 Å². The lowest BCUT2D eigenvalue weighted by Crippen LogP contribution is -2.32. The lowest BCUT2D eigenvalue weighted by atomic mass is 9.71. The summed E-state index contributed by atoms with van der Waals surface area (Å²) in [5, 5.41) is 2.03. The van der Waals surface area contributed by atoms with Crippen LogP contribution in [0.15, 0.2) is 22.7 Å². The summed E-state index contributed by atoms with van der Waals surface area (Å²) in [5.41, 5.74) is 1.77. The van der Waals surface area contributed by atoms with Crippen molar-refractivity contribution in [2.24, 2.45) is 17.3 Å². The van der Waals surface area contributed by atoms with Crippen molar-refractivity contribution in [2.75, 3.05) is 5.33 Å². The fourth-order valence-corrected chi connectivity index (χ4v) is 5.66. The monoisotopic (exact) mass is 390 g/mol. The highest BCUT2D eigenvalue weighted by molar-refractivity contribution is 9.10. The predicted molar refractivity (Wildman–Crippen MR) is 84.5 cm³/mol. The van der Waals surface area contributed by atoms with Gasteiger partial charge in [0.15, 0.2) is 0 Å². The Hall–Kier alpha value is 0.470. The second-order valence-electron chi connectivity index (χ2n) is 5.99. The van der Waals surface area contributed by atoms with E-state index in [0.717, 1.165) is 33.1 Å². The molecule has 0 heterocycles. The molecule has 3 heteroatoms. The Labute approximate surface area is 131 Å². The van der Waals surface area contributed by atoms with E-state index in [9.17, 15) is 0 Å². The molecule has 2 bridgehead atoms. The van der Waals surface area contributed by atoms with Gasteiger partial charge in [-0.3, -0.25) is 0 Å². The number of rotatable bonds is 3. The standard InChI is InChI=1S/C15H17Br2Cl/c16-9-15(7-10-1-3-12(15)5-10)8-11-2-4-13(17)6-14(11)18/h2,4,6,10,12H,1,3,5,7-9H2. The van der Waals surface area contributed by atoms with Gasteiger partial charge in [0.1, 0.15) is 0 Å². The minimum Gasteiger partial charge on any atom is -0.0922 e. The van der Waals surface area contributed by atoms with Crippen LogP contribution in [0.1, 0.15) is 31.2 Å². The lowest BCUT2D eigenvalue weighted by Gasteiger charge is -2.36. The number of halogens is 3. The minimum absolute atomic E-state index is 0.459. The van der Waals surface area contributed by atoms with E-state index >= 15 is 0 Å². The summed E-state index contributed by atoms with van der Waals surface area (Å²) in [7, 11) is 0. The molecule has 2 fully saturated rings. The molecule has 0 N–H and O–H groups in total. The first-order valence-corrected chi connectivity index (χ1v) is 8.92. The van der Waals surface area contributed by atoms with Crippen LogP contribution in [-0.4, -0.2) is 5.33 Å². The Balaban J connectivity index is 1.86. The molecule has 0 saturated heterocycles. The molecule has 0 radical (unpaired) electrons. The van der Waals surface area contributed by atoms with Crippen LogP contribution in [0.3, 0.4) is 0 Å². The normalized spacial score (nSPS) is 34.2. The van der Waals surface area contributed by atoms with Crippen LogP contribution < -0.4 is 0 Å². The van der Waals surface area contributed by atoms with Gasteiger partial charge in [0.25, 0.3) is 0 Å². The van der Waals surface area contributed by atoms with Crippen LogP contribution in [0.5, 0.6) is 0 Å². The molecule has 0 spiro atoms. The number of alkyl halides is 1. The van der Waals surface area contributed by atoms with Crippen molar-refractivity contribution in [3.63, 3.8) is 0 Å². The molecule has 0 amide bonds. The molecule has 18 heavy (non-hydrogen) atoms. The van der Waals surface area contributed by atoms with Crippen molar-refractivity contribution >= 4 is 43.5 Å². The zero-order valence-corrected chi connectivity index (χ0v) is 14.2. The number of hydrogen-bond acceptors (Lipinski definition) is 0. The fourth-order valence-electron chi connectivity index (χ4n) is 4.03. The maximum atomic E-state index is 6.38. The molecule has 1 aromatic rings. The van der Waals surface area contributed by atoms with E-state index in [1.165, 1.54) is 31.2 Å². The van der Waals surface area contributed by atoms with Crippen LogP contribution >= 0.6 is 43.5 Å². The van der Waals surface area contributed by atoms with E-state index in [1.54, 1.807) is 0 Å². The van der Waals surface area contributed by atoms with Gasteiger partial charge in [-0.25, -0.2) is 0 Å². The van der Waals surface area contributed by atoms with E-state index < -0.39 is 0 Å². The number of benzene rings is 1. The molecule has 3 unspecified atom stereocenters. The van der Waals surface area contributed by atoms with Crippen molar-refractivity contribution in [2.45, 2.75) is 32.1 Å². The van der Waals surface area contributed by atoms with E-state index in [4.69, 9.17) is 11.6 Å². The summed E-state index contributed by atoms with van der Waals surface area (Å²) in [5.74, 6) is 1.88. The Morgan fingerprint density at radius 3 is 2.72 bits per heavy atom. The summed E-state index contributed by atoms with van der Waals surface area (Å²) < 4.78 is 1.07. The summed E-state index contributed by atoms with van der Waals surface area (Å²) in [6.07, 6.45) is 6.83. The maximum Gasteiger partial charge on any atom is 0.0449 e. The van der Waals surface area contributed by atoms with Crippen LogP contribution in [-0.2, 0) is 6.42 Å². The number of fused-ring (bicyclic) bond motifs is 2. The second kappa shape index (κ2) is 5.10. The average molecular weight is 393 g/mol. The Bertz CT molecular complexity index is 460. The highest BCUT2D eigenvalue weighted by Crippen LogP contribution is 2.58. The first kappa shape index (κ1) is 13.5. The van der Waals surface area contributed by atoms with E-state index in [0.29, 0.717) is 5.41 Å². The molecule has 0 nitrogen and oxygen atoms in total. The number of hydrogen-bond donors (Lipinski definition) is 0. The first-order valence-electron chi connectivity index (χ1n) is 6.63. The molecule has 98 valence electrons. The van der Waals surface area contributed by atoms with Gasteiger partial charge < -0.3 is 0 Å². The zero-order valence-electron chi connectivity index (χ0n) is 10.3. The lowest BCUT2D eigenvalue weighted by molar-refractivity contribution is 0.197. The Morgan fingerprint density at radius 1 is 1.33 bits per heavy atom.